The summed E-state index contributed by atoms with van der Waals surface area (Å²) in [6, 6.07) is 7.35. The molecular formula is C16H16ClN5O3. The van der Waals surface area contributed by atoms with Crippen molar-refractivity contribution < 1.29 is 4.79 Å². The summed E-state index contributed by atoms with van der Waals surface area (Å²) in [7, 11) is 2.84. The zero-order valence-corrected chi connectivity index (χ0v) is 14.7. The Bertz CT molecular complexity index is 1110. The number of carbonyl (C=O) groups is 1. The highest BCUT2D eigenvalue weighted by atomic mass is 35.5. The van der Waals surface area contributed by atoms with Gasteiger partial charge in [0.15, 0.2) is 5.15 Å². The molecular weight excluding hydrogens is 346 g/mol. The average molecular weight is 362 g/mol. The molecule has 1 aromatic carbocycles. The van der Waals surface area contributed by atoms with Gasteiger partial charge in [0.05, 0.1) is 12.1 Å². The van der Waals surface area contributed by atoms with Crippen molar-refractivity contribution in [3.63, 3.8) is 0 Å². The van der Waals surface area contributed by atoms with Crippen molar-refractivity contribution in [1.29, 1.82) is 0 Å². The number of imidazole rings is 1. The minimum absolute atomic E-state index is 0.0118. The summed E-state index contributed by atoms with van der Waals surface area (Å²) in [5.41, 5.74) is 0.772. The molecule has 3 aromatic rings. The summed E-state index contributed by atoms with van der Waals surface area (Å²) < 4.78 is 3.32. The van der Waals surface area contributed by atoms with Crippen molar-refractivity contribution in [2.24, 2.45) is 14.1 Å². The molecule has 0 unspecified atom stereocenters. The van der Waals surface area contributed by atoms with E-state index in [0.29, 0.717) is 5.69 Å². The molecule has 9 heteroatoms. The molecule has 0 fully saturated rings. The van der Waals surface area contributed by atoms with Crippen LogP contribution in [0.2, 0.25) is 5.15 Å². The zero-order valence-electron chi connectivity index (χ0n) is 13.9. The fourth-order valence-electron chi connectivity index (χ4n) is 2.62. The molecule has 0 atom stereocenters. The van der Waals surface area contributed by atoms with E-state index in [9.17, 15) is 14.4 Å². The maximum absolute atomic E-state index is 12.4. The largest absolute Gasteiger partial charge is 0.339 e. The van der Waals surface area contributed by atoms with Crippen LogP contribution < -0.4 is 16.7 Å². The number of nitrogens with zero attached hydrogens (tertiary/aromatic N) is 4. The minimum Gasteiger partial charge on any atom is -0.326 e. The topological polar surface area (TPSA) is 90.4 Å². The van der Waals surface area contributed by atoms with Crippen LogP contribution in [-0.4, -0.2) is 24.4 Å². The summed E-state index contributed by atoms with van der Waals surface area (Å²) in [6.45, 7) is 1.92. The van der Waals surface area contributed by atoms with Gasteiger partial charge in [0.25, 0.3) is 0 Å². The summed E-state index contributed by atoms with van der Waals surface area (Å²) in [4.78, 5) is 40.8. The summed E-state index contributed by atoms with van der Waals surface area (Å²) in [5.74, 6) is -0.248. The molecule has 0 bridgehead atoms. The standard InChI is InChI=1S/C16H16ClN5O3/c1-9-5-4-6-10(7-9)18-12(23)8-11-13(17)19-14-20(2)15(24)21(3)16(25)22(11)14/h4-7H,8H2,1-3H3,(H,18,23). The predicted molar refractivity (Wildman–Crippen MR) is 94.2 cm³/mol. The quantitative estimate of drug-likeness (QED) is 0.749. The van der Waals surface area contributed by atoms with E-state index < -0.39 is 11.4 Å². The molecule has 2 aromatic heterocycles. The van der Waals surface area contributed by atoms with E-state index in [1.54, 1.807) is 6.07 Å². The molecule has 1 N–H and O–H groups in total. The molecule has 3 rings (SSSR count). The number of aryl methyl sites for hydroxylation is 2. The number of halogens is 1. The summed E-state index contributed by atoms with van der Waals surface area (Å²) >= 11 is 6.11. The summed E-state index contributed by atoms with van der Waals surface area (Å²) in [5, 5.41) is 2.77. The Morgan fingerprint density at radius 2 is 1.92 bits per heavy atom. The van der Waals surface area contributed by atoms with Gasteiger partial charge in [-0.2, -0.15) is 4.98 Å². The van der Waals surface area contributed by atoms with E-state index in [-0.39, 0.29) is 29.0 Å². The number of anilines is 1. The highest BCUT2D eigenvalue weighted by Gasteiger charge is 2.20. The first-order valence-electron chi connectivity index (χ1n) is 7.49. The third-order valence-electron chi connectivity index (χ3n) is 3.89. The number of amides is 1. The first kappa shape index (κ1) is 17.0. The van der Waals surface area contributed by atoms with Crippen LogP contribution in [0, 0.1) is 6.92 Å². The van der Waals surface area contributed by atoms with Crippen molar-refractivity contribution in [3.8, 4) is 0 Å². The lowest BCUT2D eigenvalue weighted by molar-refractivity contribution is -0.115. The van der Waals surface area contributed by atoms with Gasteiger partial charge in [-0.3, -0.25) is 9.36 Å². The lowest BCUT2D eigenvalue weighted by Gasteiger charge is -2.08. The van der Waals surface area contributed by atoms with E-state index in [4.69, 9.17) is 11.6 Å². The van der Waals surface area contributed by atoms with Crippen molar-refractivity contribution in [2.75, 3.05) is 5.32 Å². The van der Waals surface area contributed by atoms with Crippen LogP contribution in [0.1, 0.15) is 11.3 Å². The lowest BCUT2D eigenvalue weighted by Crippen LogP contribution is -2.41. The Balaban J connectivity index is 2.02. The molecule has 0 saturated heterocycles. The molecule has 0 aliphatic rings. The van der Waals surface area contributed by atoms with Gasteiger partial charge in [0, 0.05) is 19.8 Å². The van der Waals surface area contributed by atoms with Crippen LogP contribution in [0.15, 0.2) is 33.9 Å². The van der Waals surface area contributed by atoms with Gasteiger partial charge >= 0.3 is 11.4 Å². The van der Waals surface area contributed by atoms with Gasteiger partial charge in [0.2, 0.25) is 11.7 Å². The second-order valence-electron chi connectivity index (χ2n) is 5.76. The van der Waals surface area contributed by atoms with Gasteiger partial charge in [-0.05, 0) is 24.6 Å². The smallest absolute Gasteiger partial charge is 0.326 e. The summed E-state index contributed by atoms with van der Waals surface area (Å²) in [6.07, 6.45) is -0.151. The number of fused-ring (bicyclic) bond motifs is 1. The van der Waals surface area contributed by atoms with Crippen LogP contribution >= 0.6 is 11.6 Å². The number of hydrogen-bond acceptors (Lipinski definition) is 4. The molecule has 0 aliphatic carbocycles. The molecule has 2 heterocycles. The van der Waals surface area contributed by atoms with E-state index in [2.05, 4.69) is 10.3 Å². The predicted octanol–water partition coefficient (Wildman–Crippen LogP) is 0.875. The SMILES string of the molecule is Cc1cccc(NC(=O)Cc2c(Cl)nc3n(C)c(=O)n(C)c(=O)n23)c1. The number of rotatable bonds is 3. The third-order valence-corrected chi connectivity index (χ3v) is 4.19. The molecule has 8 nitrogen and oxygen atoms in total. The monoisotopic (exact) mass is 361 g/mol. The molecule has 25 heavy (non-hydrogen) atoms. The van der Waals surface area contributed by atoms with Crippen LogP contribution in [0.5, 0.6) is 0 Å². The van der Waals surface area contributed by atoms with Crippen LogP contribution in [0.3, 0.4) is 0 Å². The maximum atomic E-state index is 12.4. The van der Waals surface area contributed by atoms with E-state index in [1.165, 1.54) is 23.1 Å². The van der Waals surface area contributed by atoms with E-state index >= 15 is 0 Å². The normalized spacial score (nSPS) is 11.0. The number of aromatic nitrogens is 4. The number of carbonyl (C=O) groups excluding carboxylic acids is 1. The maximum Gasteiger partial charge on any atom is 0.339 e. The van der Waals surface area contributed by atoms with Crippen molar-refractivity contribution in [2.45, 2.75) is 13.3 Å². The Labute approximate surface area is 147 Å². The number of nitrogens with one attached hydrogen (secondary N) is 1. The molecule has 0 saturated carbocycles. The second kappa shape index (κ2) is 6.21. The van der Waals surface area contributed by atoms with E-state index in [1.807, 2.05) is 25.1 Å². The zero-order chi connectivity index (χ0) is 18.3. The number of benzene rings is 1. The lowest BCUT2D eigenvalue weighted by atomic mass is 10.2. The molecule has 0 spiro atoms. The van der Waals surface area contributed by atoms with Crippen molar-refractivity contribution in [1.82, 2.24) is 18.5 Å². The minimum atomic E-state index is -0.601. The molecule has 130 valence electrons. The Morgan fingerprint density at radius 3 is 2.60 bits per heavy atom. The molecule has 0 aliphatic heterocycles. The third kappa shape index (κ3) is 2.96. The van der Waals surface area contributed by atoms with Crippen LogP contribution in [-0.2, 0) is 25.3 Å². The molecule has 0 radical (unpaired) electrons. The van der Waals surface area contributed by atoms with Gasteiger partial charge in [-0.25, -0.2) is 18.6 Å². The first-order chi connectivity index (χ1) is 11.8. The Kier molecular flexibility index (Phi) is 4.22. The van der Waals surface area contributed by atoms with Gasteiger partial charge in [0.1, 0.15) is 0 Å². The highest BCUT2D eigenvalue weighted by Crippen LogP contribution is 2.17. The van der Waals surface area contributed by atoms with Crippen LogP contribution in [0.25, 0.3) is 5.78 Å². The number of hydrogen-bond donors (Lipinski definition) is 1. The van der Waals surface area contributed by atoms with Gasteiger partial charge in [-0.15, -0.1) is 0 Å². The van der Waals surface area contributed by atoms with Crippen molar-refractivity contribution in [3.05, 3.63) is 61.6 Å². The second-order valence-corrected chi connectivity index (χ2v) is 6.12. The fraction of sp³-hybridized carbons (Fsp3) is 0.250. The highest BCUT2D eigenvalue weighted by molar-refractivity contribution is 6.30. The Hall–Kier alpha value is -2.87. The fourth-order valence-corrected chi connectivity index (χ4v) is 2.84. The average Bonchev–Trinajstić information content (AvgIpc) is 2.88. The Morgan fingerprint density at radius 1 is 1.20 bits per heavy atom. The van der Waals surface area contributed by atoms with Crippen LogP contribution in [0.4, 0.5) is 5.69 Å². The van der Waals surface area contributed by atoms with Gasteiger partial charge in [-0.1, -0.05) is 23.7 Å². The first-order valence-corrected chi connectivity index (χ1v) is 7.86. The van der Waals surface area contributed by atoms with Crippen molar-refractivity contribution >= 4 is 29.0 Å². The molecule has 1 amide bonds. The van der Waals surface area contributed by atoms with E-state index in [0.717, 1.165) is 10.1 Å². The van der Waals surface area contributed by atoms with Gasteiger partial charge < -0.3 is 5.32 Å².